The summed E-state index contributed by atoms with van der Waals surface area (Å²) in [5, 5.41) is 4.19. The quantitative estimate of drug-likeness (QED) is 0.162. The molecule has 0 aromatic heterocycles. The van der Waals surface area contributed by atoms with Crippen LogP contribution in [-0.2, 0) is 0 Å². The molecule has 0 fully saturated rings. The summed E-state index contributed by atoms with van der Waals surface area (Å²) in [6.45, 7) is 1.96. The van der Waals surface area contributed by atoms with E-state index in [1.165, 1.54) is 0 Å². The highest BCUT2D eigenvalue weighted by Gasteiger charge is 2.90. The molecule has 0 heterocycles. The largest absolute Gasteiger partial charge is 0.365 e. The molecule has 6 aromatic carbocycles. The van der Waals surface area contributed by atoms with Gasteiger partial charge in [-0.15, -0.1) is 0 Å². The minimum Gasteiger partial charge on any atom is -0.231 e. The molecule has 0 radical (unpaired) electrons. The maximum atomic E-state index is 14.0. The first-order chi connectivity index (χ1) is 21.4. The molecule has 0 saturated heterocycles. The summed E-state index contributed by atoms with van der Waals surface area (Å²) >= 11 is 0. The molecular formula is C38H36O3P3+3. The fourth-order valence-corrected chi connectivity index (χ4v) is 23.0. The van der Waals surface area contributed by atoms with E-state index in [1.54, 1.807) is 0 Å². The Morgan fingerprint density at radius 2 is 0.432 bits per heavy atom. The van der Waals surface area contributed by atoms with Crippen LogP contribution in [0, 0.1) is 0 Å². The lowest BCUT2D eigenvalue weighted by Crippen LogP contribution is -2.53. The Morgan fingerprint density at radius 3 is 0.568 bits per heavy atom. The maximum Gasteiger partial charge on any atom is 0.365 e. The van der Waals surface area contributed by atoms with Crippen molar-refractivity contribution in [3.8, 4) is 0 Å². The van der Waals surface area contributed by atoms with Gasteiger partial charge in [-0.2, -0.15) is 0 Å². The lowest BCUT2D eigenvalue weighted by atomic mass is 10.4. The van der Waals surface area contributed by atoms with Gasteiger partial charge in [0.15, 0.2) is 0 Å². The van der Waals surface area contributed by atoms with E-state index in [1.807, 2.05) is 189 Å². The van der Waals surface area contributed by atoms with E-state index in [0.29, 0.717) is 31.8 Å². The Balaban J connectivity index is 1.89. The summed E-state index contributed by atoms with van der Waals surface area (Å²) in [5.41, 5.74) is 0. The Kier molecular flexibility index (Phi) is 8.65. The summed E-state index contributed by atoms with van der Waals surface area (Å²) in [6, 6.07) is 58.0. The van der Waals surface area contributed by atoms with Gasteiger partial charge >= 0.3 is 4.64 Å². The number of benzene rings is 6. The second-order valence-electron chi connectivity index (χ2n) is 10.9. The van der Waals surface area contributed by atoms with Gasteiger partial charge in [-0.1, -0.05) is 109 Å². The van der Waals surface area contributed by atoms with Crippen LogP contribution in [0.2, 0.25) is 0 Å². The van der Waals surface area contributed by atoms with Crippen LogP contribution < -0.4 is 31.8 Å². The van der Waals surface area contributed by atoms with E-state index in [2.05, 4.69) is 0 Å². The minimum atomic E-state index is -3.70. The molecule has 0 atom stereocenters. The Morgan fingerprint density at radius 1 is 0.295 bits per heavy atom. The van der Waals surface area contributed by atoms with Gasteiger partial charge in [-0.3, -0.25) is 0 Å². The number of hydrogen-bond acceptors (Lipinski definition) is 3. The van der Waals surface area contributed by atoms with E-state index in [0.717, 1.165) is 0 Å². The third kappa shape index (κ3) is 4.68. The van der Waals surface area contributed by atoms with Crippen molar-refractivity contribution in [1.29, 1.82) is 0 Å². The standard InChI is InChI=1S/C38H36O3P3/c1-38(42(39,32-20-8-2-9-21-32)33-22-10-3-11-23-33,43(40,34-24-12-4-13-25-34)35-26-14-5-15-27-35)44(41,36-28-16-6-17-29-36)37-30-18-7-19-31-37/h2-31,39-41H,1H3/q+3. The van der Waals surface area contributed by atoms with Crippen LogP contribution in [0.5, 0.6) is 0 Å². The van der Waals surface area contributed by atoms with Crippen LogP contribution in [0.3, 0.4) is 0 Å². The first-order valence-corrected chi connectivity index (χ1v) is 19.8. The average Bonchev–Trinajstić information content (AvgIpc) is 3.12. The topological polar surface area (TPSA) is 60.7 Å². The van der Waals surface area contributed by atoms with E-state index in [4.69, 9.17) is 0 Å². The summed E-state index contributed by atoms with van der Waals surface area (Å²) in [5.74, 6) is 0. The van der Waals surface area contributed by atoms with Gasteiger partial charge in [0, 0.05) is 0 Å². The molecular weight excluding hydrogens is 597 g/mol. The highest BCUT2D eigenvalue weighted by molar-refractivity contribution is 8.16. The highest BCUT2D eigenvalue weighted by Crippen LogP contribution is 2.94. The number of hydrogen-bond donors (Lipinski definition) is 3. The zero-order valence-corrected chi connectivity index (χ0v) is 27.2. The minimum absolute atomic E-state index is 0.698. The zero-order valence-electron chi connectivity index (χ0n) is 24.5. The van der Waals surface area contributed by atoms with Crippen LogP contribution >= 0.6 is 22.5 Å². The molecule has 3 N–H and O–H groups in total. The second-order valence-corrected chi connectivity index (χ2v) is 21.5. The molecule has 0 saturated carbocycles. The molecule has 44 heavy (non-hydrogen) atoms. The molecule has 3 nitrogen and oxygen atoms in total. The molecule has 0 bridgehead atoms. The fourth-order valence-electron chi connectivity index (χ4n) is 6.41. The number of rotatable bonds is 9. The van der Waals surface area contributed by atoms with Gasteiger partial charge in [-0.25, -0.2) is 14.7 Å². The van der Waals surface area contributed by atoms with Crippen LogP contribution in [-0.4, -0.2) is 19.3 Å². The van der Waals surface area contributed by atoms with E-state index >= 15 is 0 Å². The van der Waals surface area contributed by atoms with Crippen LogP contribution in [0.1, 0.15) is 6.92 Å². The van der Waals surface area contributed by atoms with Crippen LogP contribution in [0.25, 0.3) is 0 Å². The Labute approximate surface area is 261 Å². The van der Waals surface area contributed by atoms with E-state index in [9.17, 15) is 14.7 Å². The third-order valence-electron chi connectivity index (χ3n) is 8.62. The van der Waals surface area contributed by atoms with Crippen molar-refractivity contribution >= 4 is 54.3 Å². The van der Waals surface area contributed by atoms with Crippen molar-refractivity contribution in [1.82, 2.24) is 0 Å². The highest BCUT2D eigenvalue weighted by atomic mass is 31.3. The van der Waals surface area contributed by atoms with Crippen molar-refractivity contribution in [2.24, 2.45) is 0 Å². The Hall–Kier alpha value is -3.51. The third-order valence-corrected chi connectivity index (χ3v) is 23.8. The smallest absolute Gasteiger partial charge is 0.231 e. The first-order valence-electron chi connectivity index (χ1n) is 14.6. The first kappa shape index (κ1) is 30.5. The molecule has 6 rings (SSSR count). The average molecular weight is 634 g/mol. The second kappa shape index (κ2) is 12.5. The molecule has 6 aromatic rings. The molecule has 0 spiro atoms. The molecule has 0 aliphatic heterocycles. The molecule has 6 heteroatoms. The molecule has 0 amide bonds. The van der Waals surface area contributed by atoms with Crippen LogP contribution in [0.4, 0.5) is 0 Å². The molecule has 218 valence electrons. The zero-order chi connectivity index (χ0) is 30.7. The molecule has 0 aliphatic carbocycles. The lowest BCUT2D eigenvalue weighted by molar-refractivity contribution is 0.566. The van der Waals surface area contributed by atoms with E-state index < -0.39 is 27.1 Å². The van der Waals surface area contributed by atoms with Gasteiger partial charge in [-0.05, 0) is 72.8 Å². The van der Waals surface area contributed by atoms with Crippen molar-refractivity contribution < 1.29 is 14.7 Å². The van der Waals surface area contributed by atoms with Crippen molar-refractivity contribution in [3.05, 3.63) is 182 Å². The SMILES string of the molecule is CC([P+](O)(c1ccccc1)c1ccccc1)([P+](O)(c1ccccc1)c1ccccc1)[P+](O)(c1ccccc1)c1ccccc1. The van der Waals surface area contributed by atoms with Gasteiger partial charge in [0.1, 0.15) is 31.8 Å². The van der Waals surface area contributed by atoms with Crippen molar-refractivity contribution in [2.75, 3.05) is 0 Å². The summed E-state index contributed by atoms with van der Waals surface area (Å²) < 4.78 is -1.51. The fraction of sp³-hybridized carbons (Fsp3) is 0.0526. The summed E-state index contributed by atoms with van der Waals surface area (Å²) in [4.78, 5) is 42.1. The normalized spacial score (nSPS) is 12.5. The van der Waals surface area contributed by atoms with Crippen molar-refractivity contribution in [2.45, 2.75) is 11.6 Å². The van der Waals surface area contributed by atoms with Gasteiger partial charge < -0.3 is 0 Å². The van der Waals surface area contributed by atoms with Gasteiger partial charge in [0.25, 0.3) is 22.5 Å². The van der Waals surface area contributed by atoms with Gasteiger partial charge in [0.2, 0.25) is 0 Å². The maximum absolute atomic E-state index is 14.0. The summed E-state index contributed by atoms with van der Waals surface area (Å²) in [7, 11) is -11.1. The van der Waals surface area contributed by atoms with Crippen molar-refractivity contribution in [3.63, 3.8) is 0 Å². The predicted molar refractivity (Wildman–Crippen MR) is 192 cm³/mol. The predicted octanol–water partition coefficient (Wildman–Crippen LogP) is 6.39. The summed E-state index contributed by atoms with van der Waals surface area (Å²) in [6.07, 6.45) is 0. The van der Waals surface area contributed by atoms with Gasteiger partial charge in [0.05, 0.1) is 6.92 Å². The van der Waals surface area contributed by atoms with Crippen LogP contribution in [0.15, 0.2) is 182 Å². The molecule has 0 aliphatic rings. The monoisotopic (exact) mass is 633 g/mol. The molecule has 0 unspecified atom stereocenters. The van der Waals surface area contributed by atoms with E-state index in [-0.39, 0.29) is 0 Å². The lowest BCUT2D eigenvalue weighted by Gasteiger charge is -2.44. The Bertz CT molecular complexity index is 1460.